The van der Waals surface area contributed by atoms with Gasteiger partial charge in [0.1, 0.15) is 5.75 Å². The number of halogens is 2. The predicted octanol–water partition coefficient (Wildman–Crippen LogP) is 3.88. The summed E-state index contributed by atoms with van der Waals surface area (Å²) in [6, 6.07) is 5.58. The van der Waals surface area contributed by atoms with E-state index >= 15 is 0 Å². The first-order valence-corrected chi connectivity index (χ1v) is 6.09. The van der Waals surface area contributed by atoms with Gasteiger partial charge in [0.25, 0.3) is 0 Å². The van der Waals surface area contributed by atoms with Crippen LogP contribution in [0.2, 0.25) is 5.02 Å². The van der Waals surface area contributed by atoms with Crippen LogP contribution in [0.15, 0.2) is 18.2 Å². The molecule has 1 aromatic carbocycles. The molecule has 1 aromatic rings. The summed E-state index contributed by atoms with van der Waals surface area (Å²) in [4.78, 5) is 0. The Hall–Kier alpha value is -0.440. The monoisotopic (exact) mass is 262 g/mol. The van der Waals surface area contributed by atoms with E-state index in [2.05, 4.69) is 0 Å². The molecule has 0 spiro atoms. The van der Waals surface area contributed by atoms with Crippen LogP contribution in [0.5, 0.6) is 5.75 Å². The van der Waals surface area contributed by atoms with Gasteiger partial charge >= 0.3 is 0 Å². The van der Waals surface area contributed by atoms with E-state index in [0.29, 0.717) is 23.3 Å². The number of alkyl halides is 1. The minimum Gasteiger partial charge on any atom is -0.489 e. The van der Waals surface area contributed by atoms with Crippen LogP contribution in [0.1, 0.15) is 18.9 Å². The SMILES string of the molecule is COCCC(C)Oc1c(Cl)cccc1CCl. The van der Waals surface area contributed by atoms with Gasteiger partial charge < -0.3 is 9.47 Å². The van der Waals surface area contributed by atoms with Gasteiger partial charge in [0.2, 0.25) is 0 Å². The van der Waals surface area contributed by atoms with E-state index in [1.165, 1.54) is 0 Å². The highest BCUT2D eigenvalue weighted by Gasteiger charge is 2.11. The Morgan fingerprint density at radius 2 is 2.12 bits per heavy atom. The maximum atomic E-state index is 6.07. The number of para-hydroxylation sites is 1. The van der Waals surface area contributed by atoms with Crippen molar-refractivity contribution in [3.63, 3.8) is 0 Å². The Labute approximate surface area is 106 Å². The molecular weight excluding hydrogens is 247 g/mol. The summed E-state index contributed by atoms with van der Waals surface area (Å²) < 4.78 is 10.8. The summed E-state index contributed by atoms with van der Waals surface area (Å²) in [6.45, 7) is 2.65. The molecule has 1 rings (SSSR count). The Kier molecular flexibility index (Phi) is 5.96. The van der Waals surface area contributed by atoms with E-state index in [1.807, 2.05) is 19.1 Å². The highest BCUT2D eigenvalue weighted by Crippen LogP contribution is 2.30. The van der Waals surface area contributed by atoms with E-state index in [0.717, 1.165) is 12.0 Å². The summed E-state index contributed by atoms with van der Waals surface area (Å²) in [7, 11) is 1.67. The molecule has 0 aliphatic rings. The lowest BCUT2D eigenvalue weighted by atomic mass is 10.2. The van der Waals surface area contributed by atoms with Gasteiger partial charge in [0.15, 0.2) is 0 Å². The molecule has 1 unspecified atom stereocenters. The zero-order chi connectivity index (χ0) is 12.0. The van der Waals surface area contributed by atoms with Gasteiger partial charge in [-0.2, -0.15) is 0 Å². The molecule has 0 aromatic heterocycles. The zero-order valence-corrected chi connectivity index (χ0v) is 11.0. The molecular formula is C12H16Cl2O2. The second kappa shape index (κ2) is 7.00. The summed E-state index contributed by atoms with van der Waals surface area (Å²) >= 11 is 11.9. The number of methoxy groups -OCH3 is 1. The maximum Gasteiger partial charge on any atom is 0.142 e. The second-order valence-corrected chi connectivity index (χ2v) is 4.25. The van der Waals surface area contributed by atoms with Crippen molar-refractivity contribution < 1.29 is 9.47 Å². The number of rotatable bonds is 6. The van der Waals surface area contributed by atoms with Crippen molar-refractivity contribution in [2.75, 3.05) is 13.7 Å². The number of hydrogen-bond acceptors (Lipinski definition) is 2. The number of benzene rings is 1. The molecule has 0 bridgehead atoms. The molecule has 16 heavy (non-hydrogen) atoms. The lowest BCUT2D eigenvalue weighted by Gasteiger charge is -2.17. The normalized spacial score (nSPS) is 12.5. The minimum atomic E-state index is 0.0572. The van der Waals surface area contributed by atoms with E-state index in [4.69, 9.17) is 32.7 Å². The first kappa shape index (κ1) is 13.6. The second-order valence-electron chi connectivity index (χ2n) is 3.57. The maximum absolute atomic E-state index is 6.07. The van der Waals surface area contributed by atoms with Crippen LogP contribution in [-0.2, 0) is 10.6 Å². The molecule has 0 amide bonds. The van der Waals surface area contributed by atoms with Crippen LogP contribution < -0.4 is 4.74 Å². The third-order valence-corrected chi connectivity index (χ3v) is 2.83. The highest BCUT2D eigenvalue weighted by atomic mass is 35.5. The first-order chi connectivity index (χ1) is 7.69. The van der Waals surface area contributed by atoms with Crippen molar-refractivity contribution in [3.05, 3.63) is 28.8 Å². The molecule has 0 N–H and O–H groups in total. The van der Waals surface area contributed by atoms with Crippen LogP contribution in [0.25, 0.3) is 0 Å². The van der Waals surface area contributed by atoms with Gasteiger partial charge in [-0.15, -0.1) is 11.6 Å². The third kappa shape index (κ3) is 3.85. The van der Waals surface area contributed by atoms with Crippen molar-refractivity contribution in [2.45, 2.75) is 25.3 Å². The molecule has 4 heteroatoms. The Balaban J connectivity index is 2.71. The van der Waals surface area contributed by atoms with Crippen LogP contribution in [0, 0.1) is 0 Å². The molecule has 0 fully saturated rings. The largest absolute Gasteiger partial charge is 0.489 e. The molecule has 0 radical (unpaired) electrons. The van der Waals surface area contributed by atoms with Crippen LogP contribution in [0.4, 0.5) is 0 Å². The average Bonchev–Trinajstić information content (AvgIpc) is 2.29. The third-order valence-electron chi connectivity index (χ3n) is 2.24. The summed E-state index contributed by atoms with van der Waals surface area (Å²) in [5.41, 5.74) is 0.915. The predicted molar refractivity (Wildman–Crippen MR) is 67.6 cm³/mol. The molecule has 0 saturated carbocycles. The van der Waals surface area contributed by atoms with Crippen molar-refractivity contribution in [1.82, 2.24) is 0 Å². The molecule has 0 aliphatic carbocycles. The van der Waals surface area contributed by atoms with E-state index in [1.54, 1.807) is 13.2 Å². The Morgan fingerprint density at radius 3 is 2.75 bits per heavy atom. The van der Waals surface area contributed by atoms with Gasteiger partial charge in [-0.1, -0.05) is 23.7 Å². The topological polar surface area (TPSA) is 18.5 Å². The summed E-state index contributed by atoms with van der Waals surface area (Å²) in [5, 5.41) is 0.599. The molecule has 2 nitrogen and oxygen atoms in total. The standard InChI is InChI=1S/C12H16Cl2O2/c1-9(6-7-15-2)16-12-10(8-13)4-3-5-11(12)14/h3-5,9H,6-8H2,1-2H3. The molecule has 90 valence electrons. The lowest BCUT2D eigenvalue weighted by molar-refractivity contribution is 0.135. The lowest BCUT2D eigenvalue weighted by Crippen LogP contribution is -2.15. The fourth-order valence-electron chi connectivity index (χ4n) is 1.33. The Bertz CT molecular complexity index is 329. The van der Waals surface area contributed by atoms with Crippen LogP contribution in [0.3, 0.4) is 0 Å². The van der Waals surface area contributed by atoms with Gasteiger partial charge in [-0.25, -0.2) is 0 Å². The number of hydrogen-bond donors (Lipinski definition) is 0. The number of ether oxygens (including phenoxy) is 2. The molecule has 0 aliphatic heterocycles. The van der Waals surface area contributed by atoms with Gasteiger partial charge in [-0.3, -0.25) is 0 Å². The van der Waals surface area contributed by atoms with Crippen molar-refractivity contribution in [2.24, 2.45) is 0 Å². The smallest absolute Gasteiger partial charge is 0.142 e. The summed E-state index contributed by atoms with van der Waals surface area (Å²) in [5.74, 6) is 1.08. The van der Waals surface area contributed by atoms with Crippen molar-refractivity contribution in [3.8, 4) is 5.75 Å². The fraction of sp³-hybridized carbons (Fsp3) is 0.500. The van der Waals surface area contributed by atoms with E-state index < -0.39 is 0 Å². The quantitative estimate of drug-likeness (QED) is 0.725. The fourth-order valence-corrected chi connectivity index (χ4v) is 1.78. The van der Waals surface area contributed by atoms with Gasteiger partial charge in [-0.05, 0) is 13.0 Å². The van der Waals surface area contributed by atoms with Crippen molar-refractivity contribution >= 4 is 23.2 Å². The minimum absolute atomic E-state index is 0.0572. The molecule has 0 saturated heterocycles. The van der Waals surface area contributed by atoms with Crippen LogP contribution >= 0.6 is 23.2 Å². The molecule has 1 atom stereocenters. The van der Waals surface area contributed by atoms with Gasteiger partial charge in [0, 0.05) is 25.7 Å². The molecule has 0 heterocycles. The summed E-state index contributed by atoms with van der Waals surface area (Å²) in [6.07, 6.45) is 0.880. The zero-order valence-electron chi connectivity index (χ0n) is 9.50. The van der Waals surface area contributed by atoms with Gasteiger partial charge in [0.05, 0.1) is 17.0 Å². The highest BCUT2D eigenvalue weighted by molar-refractivity contribution is 6.32. The van der Waals surface area contributed by atoms with E-state index in [9.17, 15) is 0 Å². The van der Waals surface area contributed by atoms with Crippen molar-refractivity contribution in [1.29, 1.82) is 0 Å². The van der Waals surface area contributed by atoms with E-state index in [-0.39, 0.29) is 6.10 Å². The van der Waals surface area contributed by atoms with Crippen LogP contribution in [-0.4, -0.2) is 19.8 Å². The Morgan fingerprint density at radius 1 is 1.38 bits per heavy atom. The first-order valence-electron chi connectivity index (χ1n) is 5.18. The average molecular weight is 263 g/mol.